The number of amides is 1. The Morgan fingerprint density at radius 3 is 2.50 bits per heavy atom. The van der Waals surface area contributed by atoms with Crippen molar-refractivity contribution >= 4 is 11.7 Å². The molecule has 0 aromatic rings. The van der Waals surface area contributed by atoms with E-state index in [2.05, 4.69) is 0 Å². The molecule has 2 aliphatic rings. The number of carbonyl (C=O) groups excluding carboxylic acids is 2. The molecule has 1 aliphatic heterocycles. The second kappa shape index (κ2) is 5.76. The summed E-state index contributed by atoms with van der Waals surface area (Å²) in [6.07, 6.45) is 2.29. The summed E-state index contributed by atoms with van der Waals surface area (Å²) in [5, 5.41) is 0. The molecule has 0 aromatic carbocycles. The summed E-state index contributed by atoms with van der Waals surface area (Å²) in [6, 6.07) is -0.748. The topological polar surface area (TPSA) is 63.4 Å². The van der Waals surface area contributed by atoms with Crippen LogP contribution in [-0.4, -0.2) is 41.6 Å². The van der Waals surface area contributed by atoms with Crippen LogP contribution in [0.25, 0.3) is 0 Å². The molecule has 0 unspecified atom stereocenters. The summed E-state index contributed by atoms with van der Waals surface area (Å²) in [5.41, 5.74) is 5.97. The Bertz CT molecular complexity index is 391. The number of halogens is 2. The van der Waals surface area contributed by atoms with Crippen molar-refractivity contribution in [3.05, 3.63) is 0 Å². The first-order valence-electron chi connectivity index (χ1n) is 7.24. The molecule has 4 nitrogen and oxygen atoms in total. The molecule has 1 saturated heterocycles. The quantitative estimate of drug-likeness (QED) is 0.857. The molecule has 114 valence electrons. The number of likely N-dealkylation sites (tertiary alicyclic amines) is 1. The molecule has 2 atom stereocenters. The third kappa shape index (κ3) is 3.34. The van der Waals surface area contributed by atoms with Crippen LogP contribution < -0.4 is 5.73 Å². The van der Waals surface area contributed by atoms with E-state index < -0.39 is 18.5 Å². The van der Waals surface area contributed by atoms with Gasteiger partial charge in [0.15, 0.2) is 0 Å². The molecule has 0 aromatic heterocycles. The molecule has 6 heteroatoms. The molecule has 2 fully saturated rings. The Labute approximate surface area is 117 Å². The van der Waals surface area contributed by atoms with Gasteiger partial charge in [-0.15, -0.1) is 0 Å². The van der Waals surface area contributed by atoms with Crippen molar-refractivity contribution in [2.45, 2.75) is 51.0 Å². The number of nitrogens with zero attached hydrogens (tertiary/aromatic N) is 1. The van der Waals surface area contributed by atoms with Gasteiger partial charge in [0.2, 0.25) is 5.91 Å². The Kier molecular flexibility index (Phi) is 4.42. The second-order valence-electron chi connectivity index (χ2n) is 6.13. The number of rotatable bonds is 3. The van der Waals surface area contributed by atoms with Crippen molar-refractivity contribution in [3.63, 3.8) is 0 Å². The monoisotopic (exact) mass is 288 g/mol. The lowest BCUT2D eigenvalue weighted by atomic mass is 9.77. The molecule has 20 heavy (non-hydrogen) atoms. The van der Waals surface area contributed by atoms with E-state index in [0.29, 0.717) is 12.8 Å². The van der Waals surface area contributed by atoms with Gasteiger partial charge in [0.25, 0.3) is 5.92 Å². The molecular weight excluding hydrogens is 266 g/mol. The van der Waals surface area contributed by atoms with Gasteiger partial charge >= 0.3 is 0 Å². The van der Waals surface area contributed by atoms with Crippen molar-refractivity contribution in [1.29, 1.82) is 0 Å². The maximum absolute atomic E-state index is 13.1. The van der Waals surface area contributed by atoms with Crippen LogP contribution in [0.1, 0.15) is 39.0 Å². The second-order valence-corrected chi connectivity index (χ2v) is 6.13. The van der Waals surface area contributed by atoms with E-state index in [1.807, 2.05) is 6.92 Å². The van der Waals surface area contributed by atoms with Crippen molar-refractivity contribution in [3.8, 4) is 0 Å². The van der Waals surface area contributed by atoms with E-state index >= 15 is 0 Å². The lowest BCUT2D eigenvalue weighted by Crippen LogP contribution is -2.49. The van der Waals surface area contributed by atoms with Crippen LogP contribution in [0.4, 0.5) is 8.78 Å². The van der Waals surface area contributed by atoms with Crippen LogP contribution in [0.3, 0.4) is 0 Å². The first-order chi connectivity index (χ1) is 9.30. The molecule has 1 saturated carbocycles. The molecule has 1 aliphatic carbocycles. The minimum Gasteiger partial charge on any atom is -0.335 e. The fourth-order valence-corrected chi connectivity index (χ4v) is 3.14. The average molecular weight is 288 g/mol. The van der Waals surface area contributed by atoms with Gasteiger partial charge in [0.1, 0.15) is 5.78 Å². The zero-order valence-corrected chi connectivity index (χ0v) is 11.8. The van der Waals surface area contributed by atoms with Crippen molar-refractivity contribution in [1.82, 2.24) is 4.90 Å². The SMILES string of the molecule is C[C@@H](C1CCC(=O)CC1)[C@H](N)C(=O)N1CCC(F)(F)C1. The first-order valence-corrected chi connectivity index (χ1v) is 7.24. The Balaban J connectivity index is 1.91. The predicted molar refractivity (Wildman–Crippen MR) is 70.2 cm³/mol. The molecule has 2 rings (SSSR count). The van der Waals surface area contributed by atoms with E-state index in [1.165, 1.54) is 4.90 Å². The minimum atomic E-state index is -2.78. The van der Waals surface area contributed by atoms with Crippen LogP contribution in [0.15, 0.2) is 0 Å². The number of alkyl halides is 2. The lowest BCUT2D eigenvalue weighted by Gasteiger charge is -2.32. The third-order valence-electron chi connectivity index (χ3n) is 4.66. The Morgan fingerprint density at radius 2 is 2.00 bits per heavy atom. The maximum atomic E-state index is 13.1. The normalized spacial score (nSPS) is 26.6. The zero-order chi connectivity index (χ0) is 14.9. The van der Waals surface area contributed by atoms with E-state index in [-0.39, 0.29) is 36.5 Å². The van der Waals surface area contributed by atoms with Gasteiger partial charge in [-0.25, -0.2) is 8.78 Å². The Hall–Kier alpha value is -1.04. The van der Waals surface area contributed by atoms with Gasteiger partial charge in [-0.2, -0.15) is 0 Å². The van der Waals surface area contributed by atoms with E-state index in [4.69, 9.17) is 5.73 Å². The molecule has 0 spiro atoms. The van der Waals surface area contributed by atoms with Gasteiger partial charge in [-0.3, -0.25) is 9.59 Å². The van der Waals surface area contributed by atoms with Gasteiger partial charge in [0.05, 0.1) is 12.6 Å². The molecule has 0 bridgehead atoms. The lowest BCUT2D eigenvalue weighted by molar-refractivity contribution is -0.134. The summed E-state index contributed by atoms with van der Waals surface area (Å²) < 4.78 is 26.3. The minimum absolute atomic E-state index is 0.0788. The summed E-state index contributed by atoms with van der Waals surface area (Å²) in [7, 11) is 0. The van der Waals surface area contributed by atoms with E-state index in [1.54, 1.807) is 0 Å². The van der Waals surface area contributed by atoms with Crippen LogP contribution >= 0.6 is 0 Å². The molecule has 1 amide bonds. The van der Waals surface area contributed by atoms with Crippen LogP contribution in [0, 0.1) is 11.8 Å². The number of nitrogens with two attached hydrogens (primary N) is 1. The fraction of sp³-hybridized carbons (Fsp3) is 0.857. The number of carbonyl (C=O) groups is 2. The zero-order valence-electron chi connectivity index (χ0n) is 11.8. The standard InChI is InChI=1S/C14H22F2N2O2/c1-9(10-2-4-11(19)5-3-10)12(17)13(20)18-7-6-14(15,16)8-18/h9-10,12H,2-8,17H2,1H3/t9-,12-/m0/s1. The molecule has 0 radical (unpaired) electrons. The molecule has 1 heterocycles. The fourth-order valence-electron chi connectivity index (χ4n) is 3.14. The average Bonchev–Trinajstić information content (AvgIpc) is 2.77. The largest absolute Gasteiger partial charge is 0.335 e. The highest BCUT2D eigenvalue weighted by Gasteiger charge is 2.42. The first kappa shape index (κ1) is 15.4. The number of hydrogen-bond donors (Lipinski definition) is 1. The summed E-state index contributed by atoms with van der Waals surface area (Å²) in [4.78, 5) is 24.6. The van der Waals surface area contributed by atoms with Crippen LogP contribution in [0.5, 0.6) is 0 Å². The summed E-state index contributed by atoms with van der Waals surface area (Å²) in [5.74, 6) is -2.76. The van der Waals surface area contributed by atoms with Crippen molar-refractivity contribution < 1.29 is 18.4 Å². The summed E-state index contributed by atoms with van der Waals surface area (Å²) >= 11 is 0. The number of Topliss-reactive ketones (excluding diaryl/α,β-unsaturated/α-hetero) is 1. The summed E-state index contributed by atoms with van der Waals surface area (Å²) in [6.45, 7) is 1.45. The van der Waals surface area contributed by atoms with Gasteiger partial charge in [-0.05, 0) is 24.7 Å². The smallest absolute Gasteiger partial charge is 0.267 e. The van der Waals surface area contributed by atoms with Crippen LogP contribution in [0.2, 0.25) is 0 Å². The highest BCUT2D eigenvalue weighted by atomic mass is 19.3. The molecule has 2 N–H and O–H groups in total. The third-order valence-corrected chi connectivity index (χ3v) is 4.66. The van der Waals surface area contributed by atoms with Gasteiger partial charge < -0.3 is 10.6 Å². The van der Waals surface area contributed by atoms with Gasteiger partial charge in [-0.1, -0.05) is 6.92 Å². The Morgan fingerprint density at radius 1 is 1.40 bits per heavy atom. The highest BCUT2D eigenvalue weighted by Crippen LogP contribution is 2.32. The van der Waals surface area contributed by atoms with Crippen molar-refractivity contribution in [2.75, 3.05) is 13.1 Å². The maximum Gasteiger partial charge on any atom is 0.267 e. The van der Waals surface area contributed by atoms with E-state index in [9.17, 15) is 18.4 Å². The predicted octanol–water partition coefficient (Wildman–Crippen LogP) is 1.58. The molecular formula is C14H22F2N2O2. The van der Waals surface area contributed by atoms with Crippen molar-refractivity contribution in [2.24, 2.45) is 17.6 Å². The number of ketones is 1. The highest BCUT2D eigenvalue weighted by molar-refractivity contribution is 5.82. The number of hydrogen-bond acceptors (Lipinski definition) is 3. The van der Waals surface area contributed by atoms with Crippen LogP contribution in [-0.2, 0) is 9.59 Å². The van der Waals surface area contributed by atoms with Gasteiger partial charge in [0, 0.05) is 25.8 Å². The van der Waals surface area contributed by atoms with E-state index in [0.717, 1.165) is 12.8 Å².